The molecule has 3 amide bonds. The smallest absolute Gasteiger partial charge is 0.328 e. The lowest BCUT2D eigenvalue weighted by Gasteiger charge is -2.42. The zero-order valence-electron chi connectivity index (χ0n) is 16.7. The van der Waals surface area contributed by atoms with E-state index < -0.39 is 11.4 Å². The Hall–Kier alpha value is -2.90. The molecule has 7 nitrogen and oxygen atoms in total. The van der Waals surface area contributed by atoms with Crippen molar-refractivity contribution in [3.63, 3.8) is 0 Å². The first-order valence-electron chi connectivity index (χ1n) is 9.94. The number of hydrogen-bond donors (Lipinski definition) is 0. The van der Waals surface area contributed by atoms with E-state index in [9.17, 15) is 14.0 Å². The Kier molecular flexibility index (Phi) is 5.02. The van der Waals surface area contributed by atoms with Gasteiger partial charge in [-0.1, -0.05) is 32.0 Å². The van der Waals surface area contributed by atoms with E-state index in [4.69, 9.17) is 4.42 Å². The standard InChI is InChI=1S/C21H25FN4O3/c1-15(2)13-26-20(28)25(14-16-5-3-4-6-17(16)22)18(27)21(26)7-10-24(11-8-21)19-23-9-12-29-19/h3-6,9,12,15H,7-8,10-11,13-14H2,1-2H3. The van der Waals surface area contributed by atoms with Crippen LogP contribution in [-0.4, -0.2) is 51.9 Å². The fourth-order valence-electron chi connectivity index (χ4n) is 4.26. The molecule has 4 rings (SSSR count). The largest absolute Gasteiger partial charge is 0.432 e. The van der Waals surface area contributed by atoms with E-state index in [0.717, 1.165) is 0 Å². The van der Waals surface area contributed by atoms with Crippen LogP contribution in [0.3, 0.4) is 0 Å². The highest BCUT2D eigenvalue weighted by atomic mass is 19.1. The van der Waals surface area contributed by atoms with Crippen LogP contribution in [0.15, 0.2) is 41.1 Å². The summed E-state index contributed by atoms with van der Waals surface area (Å²) in [5, 5.41) is 0. The van der Waals surface area contributed by atoms with Crippen LogP contribution in [0.5, 0.6) is 0 Å². The number of rotatable bonds is 5. The molecule has 0 N–H and O–H groups in total. The topological polar surface area (TPSA) is 69.9 Å². The second-order valence-electron chi connectivity index (χ2n) is 8.10. The number of nitrogens with zero attached hydrogens (tertiary/aromatic N) is 4. The summed E-state index contributed by atoms with van der Waals surface area (Å²) < 4.78 is 19.5. The van der Waals surface area contributed by atoms with Crippen LogP contribution in [0.25, 0.3) is 0 Å². The second kappa shape index (κ2) is 7.50. The first-order valence-corrected chi connectivity index (χ1v) is 9.94. The van der Waals surface area contributed by atoms with Crippen LogP contribution in [-0.2, 0) is 11.3 Å². The highest BCUT2D eigenvalue weighted by Crippen LogP contribution is 2.39. The van der Waals surface area contributed by atoms with Gasteiger partial charge in [0.25, 0.3) is 11.9 Å². The molecule has 29 heavy (non-hydrogen) atoms. The molecule has 0 unspecified atom stereocenters. The number of oxazole rings is 1. The maximum atomic E-state index is 14.2. The van der Waals surface area contributed by atoms with Crippen molar-refractivity contribution in [3.8, 4) is 0 Å². The van der Waals surface area contributed by atoms with Crippen LogP contribution < -0.4 is 4.90 Å². The van der Waals surface area contributed by atoms with Crippen molar-refractivity contribution in [2.24, 2.45) is 5.92 Å². The summed E-state index contributed by atoms with van der Waals surface area (Å²) in [6.45, 7) is 5.59. The summed E-state index contributed by atoms with van der Waals surface area (Å²) in [6, 6.07) is 6.44. The molecule has 2 fully saturated rings. The van der Waals surface area contributed by atoms with Gasteiger partial charge in [0.1, 0.15) is 17.6 Å². The lowest BCUT2D eigenvalue weighted by Crippen LogP contribution is -2.57. The Morgan fingerprint density at radius 1 is 1.21 bits per heavy atom. The number of hydrogen-bond acceptors (Lipinski definition) is 5. The number of halogens is 1. The van der Waals surface area contributed by atoms with Gasteiger partial charge in [-0.05, 0) is 24.8 Å². The van der Waals surface area contributed by atoms with Crippen LogP contribution >= 0.6 is 0 Å². The molecule has 1 aromatic carbocycles. The van der Waals surface area contributed by atoms with Gasteiger partial charge in [0.15, 0.2) is 0 Å². The van der Waals surface area contributed by atoms with Crippen LogP contribution in [0.4, 0.5) is 15.2 Å². The normalized spacial score (nSPS) is 19.1. The van der Waals surface area contributed by atoms with E-state index >= 15 is 0 Å². The van der Waals surface area contributed by atoms with Crippen molar-refractivity contribution >= 4 is 18.0 Å². The number of benzene rings is 1. The molecule has 0 bridgehead atoms. The minimum absolute atomic E-state index is 0.0514. The predicted molar refractivity (Wildman–Crippen MR) is 105 cm³/mol. The van der Waals surface area contributed by atoms with E-state index in [2.05, 4.69) is 4.98 Å². The molecule has 1 aromatic heterocycles. The Bertz CT molecular complexity index is 891. The lowest BCUT2D eigenvalue weighted by atomic mass is 9.85. The molecule has 2 saturated heterocycles. The third kappa shape index (κ3) is 3.36. The van der Waals surface area contributed by atoms with Gasteiger partial charge < -0.3 is 14.2 Å². The summed E-state index contributed by atoms with van der Waals surface area (Å²) in [5.74, 6) is -0.441. The highest BCUT2D eigenvalue weighted by Gasteiger charge is 2.58. The number of amides is 3. The second-order valence-corrected chi connectivity index (χ2v) is 8.10. The number of piperidine rings is 1. The van der Waals surface area contributed by atoms with Gasteiger partial charge >= 0.3 is 6.03 Å². The molecule has 3 heterocycles. The number of urea groups is 1. The minimum Gasteiger partial charge on any atom is -0.432 e. The van der Waals surface area contributed by atoms with Gasteiger partial charge in [0.2, 0.25) is 0 Å². The lowest BCUT2D eigenvalue weighted by molar-refractivity contribution is -0.134. The van der Waals surface area contributed by atoms with Crippen molar-refractivity contribution in [2.45, 2.75) is 38.8 Å². The van der Waals surface area contributed by atoms with Crippen molar-refractivity contribution in [3.05, 3.63) is 48.1 Å². The number of imide groups is 1. The zero-order chi connectivity index (χ0) is 20.6. The molecular weight excluding hydrogens is 375 g/mol. The van der Waals surface area contributed by atoms with E-state index in [1.165, 1.54) is 17.2 Å². The summed E-state index contributed by atoms with van der Waals surface area (Å²) >= 11 is 0. The number of aromatic nitrogens is 1. The molecule has 0 aliphatic carbocycles. The Labute approximate surface area is 169 Å². The molecule has 0 saturated carbocycles. The number of anilines is 1. The molecule has 2 aliphatic heterocycles. The summed E-state index contributed by atoms with van der Waals surface area (Å²) in [7, 11) is 0. The molecular formula is C21H25FN4O3. The Balaban J connectivity index is 1.60. The summed E-state index contributed by atoms with van der Waals surface area (Å²) in [6.07, 6.45) is 4.08. The minimum atomic E-state index is -0.893. The maximum Gasteiger partial charge on any atom is 0.328 e. The molecule has 154 valence electrons. The van der Waals surface area contributed by atoms with E-state index in [1.54, 1.807) is 29.3 Å². The SMILES string of the molecule is CC(C)CN1C(=O)N(Cc2ccccc2F)C(=O)C12CCN(c1ncco1)CC2. The van der Waals surface area contributed by atoms with Crippen molar-refractivity contribution in [1.82, 2.24) is 14.8 Å². The zero-order valence-corrected chi connectivity index (χ0v) is 16.7. The molecule has 2 aliphatic rings. The first-order chi connectivity index (χ1) is 13.9. The van der Waals surface area contributed by atoms with Crippen molar-refractivity contribution in [1.29, 1.82) is 0 Å². The van der Waals surface area contributed by atoms with Gasteiger partial charge in [-0.2, -0.15) is 0 Å². The summed E-state index contributed by atoms with van der Waals surface area (Å²) in [4.78, 5) is 35.8. The van der Waals surface area contributed by atoms with Gasteiger partial charge in [-0.25, -0.2) is 14.2 Å². The monoisotopic (exact) mass is 400 g/mol. The quantitative estimate of drug-likeness (QED) is 0.721. The third-order valence-electron chi connectivity index (χ3n) is 5.74. The Morgan fingerprint density at radius 3 is 2.55 bits per heavy atom. The van der Waals surface area contributed by atoms with Crippen LogP contribution in [0, 0.1) is 11.7 Å². The third-order valence-corrected chi connectivity index (χ3v) is 5.74. The van der Waals surface area contributed by atoms with E-state index in [0.29, 0.717) is 44.1 Å². The molecule has 8 heteroatoms. The fourth-order valence-corrected chi connectivity index (χ4v) is 4.26. The molecule has 1 spiro atoms. The van der Waals surface area contributed by atoms with Crippen LogP contribution in [0.1, 0.15) is 32.3 Å². The first kappa shape index (κ1) is 19.4. The summed E-state index contributed by atoms with van der Waals surface area (Å²) in [5.41, 5.74) is -0.552. The highest BCUT2D eigenvalue weighted by molar-refractivity contribution is 6.07. The maximum absolute atomic E-state index is 14.2. The van der Waals surface area contributed by atoms with Gasteiger partial charge in [-0.3, -0.25) is 9.69 Å². The van der Waals surface area contributed by atoms with Gasteiger partial charge in [0, 0.05) is 25.2 Å². The predicted octanol–water partition coefficient (Wildman–Crippen LogP) is 3.27. The van der Waals surface area contributed by atoms with E-state index in [1.807, 2.05) is 18.7 Å². The van der Waals surface area contributed by atoms with Crippen LogP contribution in [0.2, 0.25) is 0 Å². The Morgan fingerprint density at radius 2 is 1.93 bits per heavy atom. The molecule has 0 atom stereocenters. The van der Waals surface area contributed by atoms with Gasteiger partial charge in [0.05, 0.1) is 12.7 Å². The fraction of sp³-hybridized carbons (Fsp3) is 0.476. The average Bonchev–Trinajstić information content (AvgIpc) is 3.30. The average molecular weight is 400 g/mol. The molecule has 0 radical (unpaired) electrons. The van der Waals surface area contributed by atoms with Crippen molar-refractivity contribution < 1.29 is 18.4 Å². The number of carbonyl (C=O) groups is 2. The van der Waals surface area contributed by atoms with Gasteiger partial charge in [-0.15, -0.1) is 0 Å². The van der Waals surface area contributed by atoms with Crippen molar-refractivity contribution in [2.75, 3.05) is 24.5 Å². The van der Waals surface area contributed by atoms with E-state index in [-0.39, 0.29) is 24.4 Å². The molecule has 2 aromatic rings. The number of carbonyl (C=O) groups excluding carboxylic acids is 2.